The number of unbranched alkanes of at least 4 members (excludes halogenated alkanes) is 1. The lowest BCUT2D eigenvalue weighted by Gasteiger charge is -2.06. The summed E-state index contributed by atoms with van der Waals surface area (Å²) in [4.78, 5) is 26.9. The molecule has 0 saturated carbocycles. The van der Waals surface area contributed by atoms with E-state index >= 15 is 0 Å². The Morgan fingerprint density at radius 2 is 1.81 bits per heavy atom. The molecule has 3 rings (SSSR count). The van der Waals surface area contributed by atoms with Gasteiger partial charge in [-0.15, -0.1) is 11.3 Å². The second kappa shape index (κ2) is 8.10. The SMILES string of the molecule is Cc1ccc2nc(-c3ccc(NC(=O)CCCCC(=O)[O-])cc3)sc2c1. The molecule has 0 bridgehead atoms. The molecule has 0 aliphatic heterocycles. The zero-order chi connectivity index (χ0) is 18.5. The van der Waals surface area contributed by atoms with Gasteiger partial charge >= 0.3 is 0 Å². The van der Waals surface area contributed by atoms with E-state index in [1.807, 2.05) is 30.3 Å². The fourth-order valence-electron chi connectivity index (χ4n) is 2.63. The number of aliphatic carboxylic acids is 1. The highest BCUT2D eigenvalue weighted by Gasteiger charge is 2.07. The molecule has 1 heterocycles. The van der Waals surface area contributed by atoms with E-state index in [0.717, 1.165) is 26.5 Å². The van der Waals surface area contributed by atoms with E-state index in [0.29, 0.717) is 19.3 Å². The summed E-state index contributed by atoms with van der Waals surface area (Å²) in [5.41, 5.74) is 3.93. The molecule has 0 radical (unpaired) electrons. The molecule has 134 valence electrons. The zero-order valence-electron chi connectivity index (χ0n) is 14.5. The Morgan fingerprint density at radius 1 is 1.08 bits per heavy atom. The van der Waals surface area contributed by atoms with Gasteiger partial charge in [0.1, 0.15) is 5.01 Å². The molecule has 6 heteroatoms. The van der Waals surface area contributed by atoms with Gasteiger partial charge in [0, 0.05) is 23.6 Å². The van der Waals surface area contributed by atoms with Crippen molar-refractivity contribution in [3.05, 3.63) is 48.0 Å². The van der Waals surface area contributed by atoms with Crippen molar-refractivity contribution >= 4 is 39.1 Å². The van der Waals surface area contributed by atoms with Gasteiger partial charge in [-0.25, -0.2) is 4.98 Å². The number of amides is 1. The van der Waals surface area contributed by atoms with Crippen LogP contribution in [0.4, 0.5) is 5.69 Å². The van der Waals surface area contributed by atoms with Crippen molar-refractivity contribution in [2.24, 2.45) is 0 Å². The molecule has 1 aromatic heterocycles. The van der Waals surface area contributed by atoms with Gasteiger partial charge in [0.05, 0.1) is 10.2 Å². The standard InChI is InChI=1S/C20H20N2O3S/c1-13-6-11-16-17(12-13)26-20(22-16)14-7-9-15(10-8-14)21-18(23)4-2-3-5-19(24)25/h6-12H,2-5H2,1H3,(H,21,23)(H,24,25)/p-1. The summed E-state index contributed by atoms with van der Waals surface area (Å²) in [6.07, 6.45) is 1.27. The third kappa shape index (κ3) is 4.67. The lowest BCUT2D eigenvalue weighted by Crippen LogP contribution is -2.21. The molecule has 2 aromatic carbocycles. The van der Waals surface area contributed by atoms with Crippen LogP contribution in [0.25, 0.3) is 20.8 Å². The number of fused-ring (bicyclic) bond motifs is 1. The molecule has 0 fully saturated rings. The minimum atomic E-state index is -1.08. The first kappa shape index (κ1) is 18.1. The molecule has 5 nitrogen and oxygen atoms in total. The maximum atomic E-state index is 11.9. The number of hydrogen-bond acceptors (Lipinski definition) is 5. The number of carbonyl (C=O) groups excluding carboxylic acids is 2. The first-order valence-corrected chi connectivity index (χ1v) is 9.30. The Bertz CT molecular complexity index is 932. The quantitative estimate of drug-likeness (QED) is 0.648. The molecule has 1 amide bonds. The Morgan fingerprint density at radius 3 is 2.54 bits per heavy atom. The van der Waals surface area contributed by atoms with Gasteiger partial charge in [-0.3, -0.25) is 4.79 Å². The topological polar surface area (TPSA) is 82.1 Å². The van der Waals surface area contributed by atoms with Crippen LogP contribution in [-0.2, 0) is 9.59 Å². The van der Waals surface area contributed by atoms with Crippen molar-refractivity contribution in [2.45, 2.75) is 32.6 Å². The Labute approximate surface area is 155 Å². The lowest BCUT2D eigenvalue weighted by atomic mass is 10.1. The van der Waals surface area contributed by atoms with Gasteiger partial charge in [0.2, 0.25) is 5.91 Å². The zero-order valence-corrected chi connectivity index (χ0v) is 15.3. The second-order valence-corrected chi connectivity index (χ2v) is 7.23. The predicted octanol–water partition coefficient (Wildman–Crippen LogP) is 3.52. The molecule has 3 aromatic rings. The van der Waals surface area contributed by atoms with Gasteiger partial charge in [-0.2, -0.15) is 0 Å². The van der Waals surface area contributed by atoms with Gasteiger partial charge in [0.25, 0.3) is 0 Å². The van der Waals surface area contributed by atoms with E-state index in [1.54, 1.807) is 11.3 Å². The van der Waals surface area contributed by atoms with E-state index < -0.39 is 5.97 Å². The van der Waals surface area contributed by atoms with Crippen LogP contribution in [0.1, 0.15) is 31.2 Å². The smallest absolute Gasteiger partial charge is 0.224 e. The van der Waals surface area contributed by atoms with Crippen LogP contribution in [0.5, 0.6) is 0 Å². The fourth-order valence-corrected chi connectivity index (χ4v) is 3.70. The number of carboxylic acids is 1. The third-order valence-electron chi connectivity index (χ3n) is 3.99. The summed E-state index contributed by atoms with van der Waals surface area (Å²) < 4.78 is 1.16. The number of thiazole rings is 1. The number of hydrogen-bond donors (Lipinski definition) is 1. The van der Waals surface area contributed by atoms with Crippen LogP contribution in [0.2, 0.25) is 0 Å². The highest BCUT2D eigenvalue weighted by Crippen LogP contribution is 2.31. The molecule has 26 heavy (non-hydrogen) atoms. The highest BCUT2D eigenvalue weighted by atomic mass is 32.1. The summed E-state index contributed by atoms with van der Waals surface area (Å²) in [6.45, 7) is 2.06. The molecular formula is C20H19N2O3S-. The molecule has 1 N–H and O–H groups in total. The molecule has 0 atom stereocenters. The average Bonchev–Trinajstić information content (AvgIpc) is 3.02. The highest BCUT2D eigenvalue weighted by molar-refractivity contribution is 7.21. The number of carboxylic acid groups (broad SMARTS) is 1. The normalized spacial score (nSPS) is 10.8. The number of carbonyl (C=O) groups is 2. The van der Waals surface area contributed by atoms with Gasteiger partial charge in [-0.1, -0.05) is 6.07 Å². The summed E-state index contributed by atoms with van der Waals surface area (Å²) in [5.74, 6) is -1.20. The molecule has 0 aliphatic carbocycles. The number of anilines is 1. The summed E-state index contributed by atoms with van der Waals surface area (Å²) in [5, 5.41) is 14.1. The van der Waals surface area contributed by atoms with Crippen LogP contribution >= 0.6 is 11.3 Å². The Hall–Kier alpha value is -2.73. The van der Waals surface area contributed by atoms with Crippen molar-refractivity contribution in [1.82, 2.24) is 4.98 Å². The minimum absolute atomic E-state index is 0.0102. The monoisotopic (exact) mass is 367 g/mol. The number of aryl methyl sites for hydroxylation is 1. The van der Waals surface area contributed by atoms with Gasteiger partial charge < -0.3 is 15.2 Å². The largest absolute Gasteiger partial charge is 0.550 e. The average molecular weight is 367 g/mol. The van der Waals surface area contributed by atoms with Gasteiger partial charge in [0.15, 0.2) is 0 Å². The van der Waals surface area contributed by atoms with Crippen molar-refractivity contribution in [3.63, 3.8) is 0 Å². The first-order chi connectivity index (χ1) is 12.5. The number of nitrogens with one attached hydrogen (secondary N) is 1. The van der Waals surface area contributed by atoms with Crippen LogP contribution < -0.4 is 10.4 Å². The maximum Gasteiger partial charge on any atom is 0.224 e. The second-order valence-electron chi connectivity index (χ2n) is 6.19. The molecule has 0 saturated heterocycles. The van der Waals surface area contributed by atoms with Crippen LogP contribution in [0.15, 0.2) is 42.5 Å². The van der Waals surface area contributed by atoms with Crippen LogP contribution in [-0.4, -0.2) is 16.9 Å². The van der Waals surface area contributed by atoms with Gasteiger partial charge in [-0.05, 0) is 68.1 Å². The Kier molecular flexibility index (Phi) is 5.63. The molecule has 0 spiro atoms. The van der Waals surface area contributed by atoms with Crippen molar-refractivity contribution in [2.75, 3.05) is 5.32 Å². The van der Waals surface area contributed by atoms with Crippen LogP contribution in [0, 0.1) is 6.92 Å². The van der Waals surface area contributed by atoms with Crippen LogP contribution in [0.3, 0.4) is 0 Å². The van der Waals surface area contributed by atoms with Crippen molar-refractivity contribution < 1.29 is 14.7 Å². The summed E-state index contributed by atoms with van der Waals surface area (Å²) >= 11 is 1.65. The Balaban J connectivity index is 1.60. The first-order valence-electron chi connectivity index (χ1n) is 8.48. The maximum absolute atomic E-state index is 11.9. The predicted molar refractivity (Wildman–Crippen MR) is 102 cm³/mol. The molecule has 0 aliphatic rings. The minimum Gasteiger partial charge on any atom is -0.550 e. The van der Waals surface area contributed by atoms with E-state index in [4.69, 9.17) is 0 Å². The fraction of sp³-hybridized carbons (Fsp3) is 0.250. The molecular weight excluding hydrogens is 348 g/mol. The number of nitrogens with zero attached hydrogens (tertiary/aromatic N) is 1. The van der Waals surface area contributed by atoms with E-state index in [2.05, 4.69) is 29.4 Å². The van der Waals surface area contributed by atoms with E-state index in [9.17, 15) is 14.7 Å². The van der Waals surface area contributed by atoms with E-state index in [-0.39, 0.29) is 12.3 Å². The van der Waals surface area contributed by atoms with Crippen molar-refractivity contribution in [1.29, 1.82) is 0 Å². The number of benzene rings is 2. The summed E-state index contributed by atoms with van der Waals surface area (Å²) in [6, 6.07) is 13.8. The lowest BCUT2D eigenvalue weighted by molar-refractivity contribution is -0.305. The molecule has 0 unspecified atom stereocenters. The number of rotatable bonds is 7. The summed E-state index contributed by atoms with van der Waals surface area (Å²) in [7, 11) is 0. The third-order valence-corrected chi connectivity index (χ3v) is 5.06. The van der Waals surface area contributed by atoms with E-state index in [1.165, 1.54) is 5.56 Å². The number of aromatic nitrogens is 1. The van der Waals surface area contributed by atoms with Crippen molar-refractivity contribution in [3.8, 4) is 10.6 Å².